The van der Waals surface area contributed by atoms with E-state index in [0.29, 0.717) is 18.8 Å². The first-order valence-corrected chi connectivity index (χ1v) is 5.19. The zero-order valence-corrected chi connectivity index (χ0v) is 9.64. The molecule has 0 unspecified atom stereocenters. The Kier molecular flexibility index (Phi) is 5.03. The van der Waals surface area contributed by atoms with Crippen LogP contribution in [0.4, 0.5) is 0 Å². The summed E-state index contributed by atoms with van der Waals surface area (Å²) in [4.78, 5) is 11.7. The quantitative estimate of drug-likeness (QED) is 0.655. The van der Waals surface area contributed by atoms with E-state index in [2.05, 4.69) is 5.32 Å². The lowest BCUT2D eigenvalue weighted by Crippen LogP contribution is -2.23. The summed E-state index contributed by atoms with van der Waals surface area (Å²) in [6.07, 6.45) is 3.49. The molecule has 1 rings (SSSR count). The van der Waals surface area contributed by atoms with Gasteiger partial charge in [0.05, 0.1) is 12.7 Å². The Morgan fingerprint density at radius 1 is 1.53 bits per heavy atom. The molecule has 0 bridgehead atoms. The SMILES string of the molecule is COc1ccc(O)c(C(=O)NC/C=C/CN)c1. The van der Waals surface area contributed by atoms with Gasteiger partial charge in [-0.3, -0.25) is 4.79 Å². The van der Waals surface area contributed by atoms with Crippen molar-refractivity contribution in [2.75, 3.05) is 20.2 Å². The van der Waals surface area contributed by atoms with Crippen LogP contribution in [0.2, 0.25) is 0 Å². The van der Waals surface area contributed by atoms with Crippen molar-refractivity contribution in [1.29, 1.82) is 0 Å². The highest BCUT2D eigenvalue weighted by Gasteiger charge is 2.11. The number of ether oxygens (including phenoxy) is 1. The van der Waals surface area contributed by atoms with Crippen molar-refractivity contribution >= 4 is 5.91 Å². The molecule has 0 aliphatic rings. The van der Waals surface area contributed by atoms with Crippen molar-refractivity contribution in [1.82, 2.24) is 5.32 Å². The molecule has 1 aromatic carbocycles. The van der Waals surface area contributed by atoms with Crippen LogP contribution in [0.5, 0.6) is 11.5 Å². The van der Waals surface area contributed by atoms with Crippen LogP contribution in [0.3, 0.4) is 0 Å². The average Bonchev–Trinajstić information content (AvgIpc) is 2.35. The fourth-order valence-electron chi connectivity index (χ4n) is 1.25. The van der Waals surface area contributed by atoms with E-state index in [1.807, 2.05) is 0 Å². The second kappa shape index (κ2) is 6.55. The van der Waals surface area contributed by atoms with E-state index in [1.54, 1.807) is 18.2 Å². The van der Waals surface area contributed by atoms with Crippen molar-refractivity contribution in [3.8, 4) is 11.5 Å². The lowest BCUT2D eigenvalue weighted by atomic mass is 10.1. The van der Waals surface area contributed by atoms with E-state index >= 15 is 0 Å². The summed E-state index contributed by atoms with van der Waals surface area (Å²) in [5.74, 6) is 0.0830. The number of amides is 1. The van der Waals surface area contributed by atoms with Gasteiger partial charge in [-0.2, -0.15) is 0 Å². The van der Waals surface area contributed by atoms with Gasteiger partial charge < -0.3 is 20.9 Å². The molecule has 0 spiro atoms. The van der Waals surface area contributed by atoms with Gasteiger partial charge in [0.1, 0.15) is 11.5 Å². The van der Waals surface area contributed by atoms with E-state index in [4.69, 9.17) is 10.5 Å². The standard InChI is InChI=1S/C12H16N2O3/c1-17-9-4-5-11(15)10(8-9)12(16)14-7-3-2-6-13/h2-5,8,15H,6-7,13H2,1H3,(H,14,16)/b3-2+. The predicted molar refractivity (Wildman–Crippen MR) is 65.2 cm³/mol. The minimum absolute atomic E-state index is 0.0777. The van der Waals surface area contributed by atoms with Crippen molar-refractivity contribution in [3.05, 3.63) is 35.9 Å². The lowest BCUT2D eigenvalue weighted by molar-refractivity contribution is 0.0955. The number of rotatable bonds is 5. The van der Waals surface area contributed by atoms with Crippen LogP contribution < -0.4 is 15.8 Å². The van der Waals surface area contributed by atoms with Crippen LogP contribution in [0, 0.1) is 0 Å². The van der Waals surface area contributed by atoms with Gasteiger partial charge in [-0.15, -0.1) is 0 Å². The number of nitrogens with one attached hydrogen (secondary N) is 1. The predicted octanol–water partition coefficient (Wildman–Crippen LogP) is 0.645. The fraction of sp³-hybridized carbons (Fsp3) is 0.250. The van der Waals surface area contributed by atoms with Gasteiger partial charge in [0.2, 0.25) is 0 Å². The number of phenols is 1. The van der Waals surface area contributed by atoms with Gasteiger partial charge in [-0.1, -0.05) is 12.2 Å². The molecule has 0 radical (unpaired) electrons. The molecule has 0 aliphatic heterocycles. The highest BCUT2D eigenvalue weighted by atomic mass is 16.5. The number of phenolic OH excluding ortho intramolecular Hbond substituents is 1. The number of methoxy groups -OCH3 is 1. The molecule has 0 aromatic heterocycles. The third kappa shape index (κ3) is 3.81. The summed E-state index contributed by atoms with van der Waals surface area (Å²) in [5, 5.41) is 12.2. The Morgan fingerprint density at radius 2 is 2.29 bits per heavy atom. The summed E-state index contributed by atoms with van der Waals surface area (Å²) in [7, 11) is 1.50. The fourth-order valence-corrected chi connectivity index (χ4v) is 1.25. The summed E-state index contributed by atoms with van der Waals surface area (Å²) in [6.45, 7) is 0.799. The Balaban J connectivity index is 2.70. The van der Waals surface area contributed by atoms with Crippen LogP contribution in [0.1, 0.15) is 10.4 Å². The molecule has 0 aliphatic carbocycles. The number of benzene rings is 1. The number of hydrogen-bond donors (Lipinski definition) is 3. The first-order chi connectivity index (χ1) is 8.19. The van der Waals surface area contributed by atoms with Crippen molar-refractivity contribution in [3.63, 3.8) is 0 Å². The molecular weight excluding hydrogens is 220 g/mol. The molecule has 1 aromatic rings. The Hall–Kier alpha value is -2.01. The lowest BCUT2D eigenvalue weighted by Gasteiger charge is -2.07. The minimum Gasteiger partial charge on any atom is -0.507 e. The summed E-state index contributed by atoms with van der Waals surface area (Å²) in [5.41, 5.74) is 5.45. The number of carbonyl (C=O) groups excluding carboxylic acids is 1. The van der Waals surface area contributed by atoms with Gasteiger partial charge in [0.15, 0.2) is 0 Å². The monoisotopic (exact) mass is 236 g/mol. The maximum Gasteiger partial charge on any atom is 0.255 e. The molecule has 4 N–H and O–H groups in total. The van der Waals surface area contributed by atoms with Crippen molar-refractivity contribution in [2.45, 2.75) is 0 Å². The third-order valence-electron chi connectivity index (χ3n) is 2.13. The highest BCUT2D eigenvalue weighted by molar-refractivity contribution is 5.97. The van der Waals surface area contributed by atoms with Gasteiger partial charge in [-0.25, -0.2) is 0 Å². The molecule has 0 heterocycles. The van der Waals surface area contributed by atoms with E-state index in [0.717, 1.165) is 0 Å². The number of aromatic hydroxyl groups is 1. The smallest absolute Gasteiger partial charge is 0.255 e. The van der Waals surface area contributed by atoms with E-state index in [9.17, 15) is 9.90 Å². The minimum atomic E-state index is -0.358. The Bertz CT molecular complexity index is 416. The van der Waals surface area contributed by atoms with Crippen LogP contribution >= 0.6 is 0 Å². The van der Waals surface area contributed by atoms with Gasteiger partial charge in [0, 0.05) is 13.1 Å². The van der Waals surface area contributed by atoms with Crippen LogP contribution in [0.15, 0.2) is 30.4 Å². The number of hydrogen-bond acceptors (Lipinski definition) is 4. The van der Waals surface area contributed by atoms with Crippen LogP contribution in [0.25, 0.3) is 0 Å². The largest absolute Gasteiger partial charge is 0.507 e. The van der Waals surface area contributed by atoms with E-state index < -0.39 is 0 Å². The molecule has 0 atom stereocenters. The highest BCUT2D eigenvalue weighted by Crippen LogP contribution is 2.22. The summed E-state index contributed by atoms with van der Waals surface area (Å²) < 4.78 is 4.98. The zero-order chi connectivity index (χ0) is 12.7. The molecule has 5 heteroatoms. The maximum absolute atomic E-state index is 11.7. The first kappa shape index (κ1) is 13.1. The molecule has 17 heavy (non-hydrogen) atoms. The van der Waals surface area contributed by atoms with Crippen LogP contribution in [-0.4, -0.2) is 31.2 Å². The van der Waals surface area contributed by atoms with Crippen LogP contribution in [-0.2, 0) is 0 Å². The van der Waals surface area contributed by atoms with Gasteiger partial charge in [-0.05, 0) is 18.2 Å². The topological polar surface area (TPSA) is 84.6 Å². The number of nitrogens with two attached hydrogens (primary N) is 1. The van der Waals surface area contributed by atoms with Gasteiger partial charge >= 0.3 is 0 Å². The first-order valence-electron chi connectivity index (χ1n) is 5.19. The Labute approximate surface area is 99.9 Å². The molecule has 92 valence electrons. The normalized spacial score (nSPS) is 10.5. The molecule has 5 nitrogen and oxygen atoms in total. The molecule has 0 fully saturated rings. The second-order valence-electron chi connectivity index (χ2n) is 3.30. The summed E-state index contributed by atoms with van der Waals surface area (Å²) >= 11 is 0. The van der Waals surface area contributed by atoms with E-state index in [-0.39, 0.29) is 17.2 Å². The molecule has 0 saturated carbocycles. The van der Waals surface area contributed by atoms with Crippen molar-refractivity contribution < 1.29 is 14.6 Å². The molecule has 0 saturated heterocycles. The van der Waals surface area contributed by atoms with Crippen molar-refractivity contribution in [2.24, 2.45) is 5.73 Å². The average molecular weight is 236 g/mol. The molecular formula is C12H16N2O3. The Morgan fingerprint density at radius 3 is 2.94 bits per heavy atom. The third-order valence-corrected chi connectivity index (χ3v) is 2.13. The second-order valence-corrected chi connectivity index (χ2v) is 3.30. The zero-order valence-electron chi connectivity index (χ0n) is 9.64. The molecule has 1 amide bonds. The van der Waals surface area contributed by atoms with E-state index in [1.165, 1.54) is 19.2 Å². The number of carbonyl (C=O) groups is 1. The van der Waals surface area contributed by atoms with Gasteiger partial charge in [0.25, 0.3) is 5.91 Å². The maximum atomic E-state index is 11.7. The summed E-state index contributed by atoms with van der Waals surface area (Å²) in [6, 6.07) is 4.49.